The van der Waals surface area contributed by atoms with E-state index in [2.05, 4.69) is 47.7 Å². The summed E-state index contributed by atoms with van der Waals surface area (Å²) in [5.41, 5.74) is 7.91. The molecule has 4 nitrogen and oxygen atoms in total. The van der Waals surface area contributed by atoms with Gasteiger partial charge in [-0.3, -0.25) is 4.79 Å². The summed E-state index contributed by atoms with van der Waals surface area (Å²) in [6.07, 6.45) is 7.42. The predicted octanol–water partition coefficient (Wildman–Crippen LogP) is 6.63. The van der Waals surface area contributed by atoms with E-state index in [9.17, 15) is 4.79 Å². The average Bonchev–Trinajstić information content (AvgIpc) is 3.27. The molecule has 0 fully saturated rings. The fourth-order valence-corrected chi connectivity index (χ4v) is 3.77. The van der Waals surface area contributed by atoms with Gasteiger partial charge in [0.25, 0.3) is 0 Å². The molecule has 0 saturated carbocycles. The van der Waals surface area contributed by atoms with E-state index in [0.29, 0.717) is 0 Å². The monoisotopic (exact) mass is 429 g/mol. The molecule has 5 aromatic rings. The average molecular weight is 430 g/mol. The van der Waals surface area contributed by atoms with Crippen molar-refractivity contribution >= 4 is 23.3 Å². The molecule has 2 heterocycles. The second-order valence-electron chi connectivity index (χ2n) is 7.99. The van der Waals surface area contributed by atoms with Gasteiger partial charge in [0.15, 0.2) is 0 Å². The maximum absolute atomic E-state index is 12.5. The van der Waals surface area contributed by atoms with Gasteiger partial charge in [0, 0.05) is 29.7 Å². The van der Waals surface area contributed by atoms with Crippen molar-refractivity contribution in [3.05, 3.63) is 121 Å². The smallest absolute Gasteiger partial charge is 0.248 e. The molecular weight excluding hydrogens is 406 g/mol. The quantitative estimate of drug-likeness (QED) is 0.319. The van der Waals surface area contributed by atoms with Crippen molar-refractivity contribution in [3.63, 3.8) is 0 Å². The summed E-state index contributed by atoms with van der Waals surface area (Å²) in [4.78, 5) is 17.2. The molecule has 4 heteroatoms. The minimum atomic E-state index is -0.176. The maximum Gasteiger partial charge on any atom is 0.248 e. The Morgan fingerprint density at radius 3 is 2.39 bits per heavy atom. The lowest BCUT2D eigenvalue weighted by molar-refractivity contribution is -0.111. The number of hydrogen-bond donors (Lipinski definition) is 1. The molecule has 2 aromatic heterocycles. The van der Waals surface area contributed by atoms with E-state index in [1.165, 1.54) is 11.1 Å². The summed E-state index contributed by atoms with van der Waals surface area (Å²) in [5.74, 6) is -0.176. The zero-order chi connectivity index (χ0) is 22.6. The van der Waals surface area contributed by atoms with Crippen molar-refractivity contribution in [2.24, 2.45) is 0 Å². The number of carbonyl (C=O) groups is 1. The van der Waals surface area contributed by atoms with E-state index in [0.717, 1.165) is 33.7 Å². The minimum Gasteiger partial charge on any atom is -0.322 e. The van der Waals surface area contributed by atoms with Crippen LogP contribution in [0.5, 0.6) is 0 Å². The highest BCUT2D eigenvalue weighted by Gasteiger charge is 2.06. The van der Waals surface area contributed by atoms with Crippen LogP contribution in [0.2, 0.25) is 0 Å². The number of benzene rings is 3. The molecule has 160 valence electrons. The Labute approximate surface area is 192 Å². The third kappa shape index (κ3) is 4.75. The molecule has 0 aliphatic heterocycles. The van der Waals surface area contributed by atoms with Crippen molar-refractivity contribution in [1.29, 1.82) is 0 Å². The first-order valence-electron chi connectivity index (χ1n) is 10.8. The van der Waals surface area contributed by atoms with Crippen LogP contribution in [0.3, 0.4) is 0 Å². The first-order valence-corrected chi connectivity index (χ1v) is 10.8. The van der Waals surface area contributed by atoms with Crippen LogP contribution in [-0.2, 0) is 4.79 Å². The molecule has 5 rings (SSSR count). The minimum absolute atomic E-state index is 0.176. The van der Waals surface area contributed by atoms with Gasteiger partial charge >= 0.3 is 0 Å². The molecule has 0 aliphatic carbocycles. The van der Waals surface area contributed by atoms with Gasteiger partial charge in [0.1, 0.15) is 5.65 Å². The Morgan fingerprint density at radius 1 is 0.818 bits per heavy atom. The molecule has 1 amide bonds. The standard InChI is InChI=1S/C29H23N3O/c1-21-10-16-28-31-27(20-32(28)19-21)25-8-5-9-26(18-25)30-29(33)17-13-22-11-14-24(15-12-22)23-6-3-2-4-7-23/h2-20H,1H3,(H,30,33)/b17-13+. The Balaban J connectivity index is 1.27. The normalized spacial score (nSPS) is 11.2. The zero-order valence-corrected chi connectivity index (χ0v) is 18.3. The van der Waals surface area contributed by atoms with Gasteiger partial charge in [-0.15, -0.1) is 0 Å². The summed E-state index contributed by atoms with van der Waals surface area (Å²) in [6, 6.07) is 30.2. The second-order valence-corrected chi connectivity index (χ2v) is 7.99. The zero-order valence-electron chi connectivity index (χ0n) is 18.3. The van der Waals surface area contributed by atoms with Crippen molar-refractivity contribution in [2.75, 3.05) is 5.32 Å². The van der Waals surface area contributed by atoms with Gasteiger partial charge < -0.3 is 9.72 Å². The number of aryl methyl sites for hydroxylation is 1. The molecule has 0 unspecified atom stereocenters. The predicted molar refractivity (Wildman–Crippen MR) is 135 cm³/mol. The molecule has 33 heavy (non-hydrogen) atoms. The van der Waals surface area contributed by atoms with Gasteiger partial charge in [0.2, 0.25) is 5.91 Å². The van der Waals surface area contributed by atoms with Gasteiger partial charge in [-0.2, -0.15) is 0 Å². The number of imidazole rings is 1. The highest BCUT2D eigenvalue weighted by atomic mass is 16.1. The van der Waals surface area contributed by atoms with Crippen LogP contribution in [0.1, 0.15) is 11.1 Å². The largest absolute Gasteiger partial charge is 0.322 e. The third-order valence-corrected chi connectivity index (χ3v) is 5.47. The van der Waals surface area contributed by atoms with Crippen LogP contribution in [0.25, 0.3) is 34.1 Å². The van der Waals surface area contributed by atoms with Crippen molar-refractivity contribution in [1.82, 2.24) is 9.38 Å². The molecule has 0 atom stereocenters. The summed E-state index contributed by atoms with van der Waals surface area (Å²) in [5, 5.41) is 2.94. The highest BCUT2D eigenvalue weighted by Crippen LogP contribution is 2.23. The molecule has 0 radical (unpaired) electrons. The summed E-state index contributed by atoms with van der Waals surface area (Å²) >= 11 is 0. The van der Waals surface area contributed by atoms with Crippen LogP contribution in [0.4, 0.5) is 5.69 Å². The number of hydrogen-bond acceptors (Lipinski definition) is 2. The maximum atomic E-state index is 12.5. The van der Waals surface area contributed by atoms with E-state index in [4.69, 9.17) is 0 Å². The van der Waals surface area contributed by atoms with Crippen LogP contribution in [-0.4, -0.2) is 15.3 Å². The summed E-state index contributed by atoms with van der Waals surface area (Å²) in [6.45, 7) is 2.06. The van der Waals surface area contributed by atoms with E-state index in [-0.39, 0.29) is 5.91 Å². The Hall–Kier alpha value is -4.44. The van der Waals surface area contributed by atoms with Crippen LogP contribution in [0.15, 0.2) is 109 Å². The Morgan fingerprint density at radius 2 is 1.58 bits per heavy atom. The third-order valence-electron chi connectivity index (χ3n) is 5.47. The molecule has 1 N–H and O–H groups in total. The van der Waals surface area contributed by atoms with E-state index in [1.807, 2.05) is 83.4 Å². The topological polar surface area (TPSA) is 46.4 Å². The fourth-order valence-electron chi connectivity index (χ4n) is 3.77. The summed E-state index contributed by atoms with van der Waals surface area (Å²) < 4.78 is 2.02. The molecule has 0 bridgehead atoms. The van der Waals surface area contributed by atoms with Crippen LogP contribution < -0.4 is 5.32 Å². The number of fused-ring (bicyclic) bond motifs is 1. The summed E-state index contributed by atoms with van der Waals surface area (Å²) in [7, 11) is 0. The molecule has 0 spiro atoms. The number of amides is 1. The second kappa shape index (κ2) is 8.97. The van der Waals surface area contributed by atoms with Gasteiger partial charge in [-0.1, -0.05) is 72.8 Å². The van der Waals surface area contributed by atoms with Gasteiger partial charge in [0.05, 0.1) is 5.69 Å². The van der Waals surface area contributed by atoms with E-state index in [1.54, 1.807) is 6.08 Å². The number of aromatic nitrogens is 2. The Bertz CT molecular complexity index is 1450. The fraction of sp³-hybridized carbons (Fsp3) is 0.0345. The highest BCUT2D eigenvalue weighted by molar-refractivity contribution is 6.02. The molecule has 3 aromatic carbocycles. The van der Waals surface area contributed by atoms with E-state index < -0.39 is 0 Å². The Kier molecular flexibility index (Phi) is 5.56. The molecule has 0 saturated heterocycles. The first kappa shape index (κ1) is 20.5. The lowest BCUT2D eigenvalue weighted by Gasteiger charge is -2.04. The van der Waals surface area contributed by atoms with Gasteiger partial charge in [-0.25, -0.2) is 4.98 Å². The van der Waals surface area contributed by atoms with Crippen LogP contribution >= 0.6 is 0 Å². The number of carbonyl (C=O) groups excluding carboxylic acids is 1. The molecular formula is C29H23N3O. The number of nitrogens with one attached hydrogen (secondary N) is 1. The van der Waals surface area contributed by atoms with Gasteiger partial charge in [-0.05, 0) is 53.5 Å². The first-order chi connectivity index (χ1) is 16.1. The lowest BCUT2D eigenvalue weighted by atomic mass is 10.0. The number of nitrogens with zero attached hydrogens (tertiary/aromatic N) is 2. The SMILES string of the molecule is Cc1ccc2nc(-c3cccc(NC(=O)/C=C/c4ccc(-c5ccccc5)cc4)c3)cn2c1. The van der Waals surface area contributed by atoms with Crippen molar-refractivity contribution in [3.8, 4) is 22.4 Å². The lowest BCUT2D eigenvalue weighted by Crippen LogP contribution is -2.07. The van der Waals surface area contributed by atoms with E-state index >= 15 is 0 Å². The van der Waals surface area contributed by atoms with Crippen molar-refractivity contribution < 1.29 is 4.79 Å². The molecule has 0 aliphatic rings. The van der Waals surface area contributed by atoms with Crippen molar-refractivity contribution in [2.45, 2.75) is 6.92 Å². The number of pyridine rings is 1. The van der Waals surface area contributed by atoms with Crippen LogP contribution in [0, 0.1) is 6.92 Å². The number of rotatable bonds is 5. The number of anilines is 1.